The van der Waals surface area contributed by atoms with Gasteiger partial charge in [0.05, 0.1) is 4.92 Å². The van der Waals surface area contributed by atoms with Gasteiger partial charge in [-0.3, -0.25) is 10.1 Å². The molecule has 0 heterocycles. The minimum atomic E-state index is -0.350. The van der Waals surface area contributed by atoms with Crippen LogP contribution in [0.2, 0.25) is 0 Å². The van der Waals surface area contributed by atoms with Crippen LogP contribution in [0.4, 0.5) is 11.4 Å². The van der Waals surface area contributed by atoms with Gasteiger partial charge in [0, 0.05) is 27.4 Å². The van der Waals surface area contributed by atoms with E-state index in [1.54, 1.807) is 12.1 Å². The van der Waals surface area contributed by atoms with Gasteiger partial charge in [-0.2, -0.15) is 0 Å². The lowest BCUT2D eigenvalue weighted by atomic mass is 9.93. The van der Waals surface area contributed by atoms with Crippen molar-refractivity contribution in [2.24, 2.45) is 11.8 Å². The van der Waals surface area contributed by atoms with Gasteiger partial charge in [0.25, 0.3) is 5.69 Å². The van der Waals surface area contributed by atoms with Crippen LogP contribution in [-0.2, 0) is 0 Å². The lowest BCUT2D eigenvalue weighted by molar-refractivity contribution is -0.384. The highest BCUT2D eigenvalue weighted by molar-refractivity contribution is 14.1. The van der Waals surface area contributed by atoms with E-state index in [0.717, 1.165) is 15.2 Å². The molecule has 1 saturated carbocycles. The topological polar surface area (TPSA) is 55.2 Å². The van der Waals surface area contributed by atoms with E-state index in [9.17, 15) is 10.1 Å². The number of rotatable bonds is 4. The Bertz CT molecular complexity index is 479. The molecule has 0 amide bonds. The zero-order chi connectivity index (χ0) is 14.0. The molecule has 104 valence electrons. The largest absolute Gasteiger partial charge is 0.381 e. The number of hydrogen-bond donors (Lipinski definition) is 1. The highest BCUT2D eigenvalue weighted by Crippen LogP contribution is 2.36. The number of hydrogen-bond acceptors (Lipinski definition) is 3. The van der Waals surface area contributed by atoms with Crippen LogP contribution in [0.1, 0.15) is 33.1 Å². The third kappa shape index (κ3) is 3.19. The van der Waals surface area contributed by atoms with Crippen LogP contribution in [0.15, 0.2) is 18.2 Å². The van der Waals surface area contributed by atoms with Crippen LogP contribution < -0.4 is 5.32 Å². The fourth-order valence-corrected chi connectivity index (χ4v) is 3.62. The van der Waals surface area contributed by atoms with Gasteiger partial charge in [0.15, 0.2) is 0 Å². The zero-order valence-corrected chi connectivity index (χ0v) is 13.4. The summed E-state index contributed by atoms with van der Waals surface area (Å²) >= 11 is 2.16. The second-order valence-corrected chi connectivity index (χ2v) is 6.44. The van der Waals surface area contributed by atoms with Crippen LogP contribution >= 0.6 is 22.6 Å². The molecule has 2 rings (SSSR count). The van der Waals surface area contributed by atoms with E-state index >= 15 is 0 Å². The average molecular weight is 374 g/mol. The van der Waals surface area contributed by atoms with Gasteiger partial charge in [-0.15, -0.1) is 0 Å². The maximum absolute atomic E-state index is 10.7. The first-order valence-corrected chi connectivity index (χ1v) is 7.81. The molecule has 19 heavy (non-hydrogen) atoms. The fraction of sp³-hybridized carbons (Fsp3) is 0.571. The van der Waals surface area contributed by atoms with E-state index in [1.807, 2.05) is 6.07 Å². The average Bonchev–Trinajstić information content (AvgIpc) is 2.72. The highest BCUT2D eigenvalue weighted by Gasteiger charge is 2.31. The molecular weight excluding hydrogens is 355 g/mol. The molecule has 1 fully saturated rings. The highest BCUT2D eigenvalue weighted by atomic mass is 127. The molecule has 1 aliphatic carbocycles. The molecule has 0 aromatic heterocycles. The summed E-state index contributed by atoms with van der Waals surface area (Å²) in [4.78, 5) is 10.4. The fourth-order valence-electron chi connectivity index (χ4n) is 2.96. The molecule has 0 bridgehead atoms. The lowest BCUT2D eigenvalue weighted by Gasteiger charge is -2.22. The summed E-state index contributed by atoms with van der Waals surface area (Å²) in [6, 6.07) is 5.51. The van der Waals surface area contributed by atoms with Crippen LogP contribution in [-0.4, -0.2) is 11.0 Å². The Morgan fingerprint density at radius 1 is 1.47 bits per heavy atom. The molecule has 1 aromatic carbocycles. The van der Waals surface area contributed by atoms with Gasteiger partial charge in [0.2, 0.25) is 0 Å². The first kappa shape index (κ1) is 14.6. The van der Waals surface area contributed by atoms with E-state index in [0.29, 0.717) is 12.0 Å². The quantitative estimate of drug-likeness (QED) is 0.482. The second-order valence-electron chi connectivity index (χ2n) is 5.28. The molecule has 1 aromatic rings. The summed E-state index contributed by atoms with van der Waals surface area (Å²) in [5, 5.41) is 14.3. The molecule has 0 spiro atoms. The van der Waals surface area contributed by atoms with Gasteiger partial charge in [-0.1, -0.05) is 20.3 Å². The Morgan fingerprint density at radius 2 is 2.21 bits per heavy atom. The van der Waals surface area contributed by atoms with Crippen molar-refractivity contribution in [2.75, 3.05) is 5.32 Å². The van der Waals surface area contributed by atoms with Crippen molar-refractivity contribution < 1.29 is 4.92 Å². The summed E-state index contributed by atoms with van der Waals surface area (Å²) in [7, 11) is 0. The molecule has 4 nitrogen and oxygen atoms in total. The smallest absolute Gasteiger partial charge is 0.270 e. The monoisotopic (exact) mass is 374 g/mol. The lowest BCUT2D eigenvalue weighted by Crippen LogP contribution is -2.25. The Labute approximate surface area is 127 Å². The van der Waals surface area contributed by atoms with Crippen LogP contribution in [0.5, 0.6) is 0 Å². The van der Waals surface area contributed by atoms with Gasteiger partial charge in [0.1, 0.15) is 0 Å². The van der Waals surface area contributed by atoms with Crippen molar-refractivity contribution in [1.82, 2.24) is 0 Å². The second kappa shape index (κ2) is 6.07. The Kier molecular flexibility index (Phi) is 4.65. The molecule has 5 heteroatoms. The summed E-state index contributed by atoms with van der Waals surface area (Å²) < 4.78 is 0.916. The van der Waals surface area contributed by atoms with Gasteiger partial charge >= 0.3 is 0 Å². The third-order valence-electron chi connectivity index (χ3n) is 4.26. The predicted octanol–water partition coefficient (Wildman–Crippen LogP) is 4.44. The zero-order valence-electron chi connectivity index (χ0n) is 11.2. The number of nitro benzene ring substituents is 1. The Hall–Kier alpha value is -0.850. The summed E-state index contributed by atoms with van der Waals surface area (Å²) in [6.45, 7) is 4.55. The van der Waals surface area contributed by atoms with Crippen molar-refractivity contribution in [3.05, 3.63) is 31.9 Å². The van der Waals surface area contributed by atoms with E-state index in [-0.39, 0.29) is 10.6 Å². The van der Waals surface area contributed by atoms with Crippen molar-refractivity contribution in [2.45, 2.75) is 39.2 Å². The molecule has 0 aliphatic heterocycles. The van der Waals surface area contributed by atoms with Crippen LogP contribution in [0.3, 0.4) is 0 Å². The molecule has 0 radical (unpaired) electrons. The Balaban J connectivity index is 2.10. The van der Waals surface area contributed by atoms with E-state index in [2.05, 4.69) is 41.8 Å². The standard InChI is InChI=1S/C14H19IN2O2/c1-3-10-4-6-13(9(10)2)16-14-7-5-11(17(18)19)8-12(14)15/h5,7-10,13,16H,3-4,6H2,1-2H3. The van der Waals surface area contributed by atoms with Crippen molar-refractivity contribution in [3.63, 3.8) is 0 Å². The molecular formula is C14H19IN2O2. The van der Waals surface area contributed by atoms with Crippen molar-refractivity contribution >= 4 is 34.0 Å². The van der Waals surface area contributed by atoms with Gasteiger partial charge in [-0.05, 0) is 53.3 Å². The summed E-state index contributed by atoms with van der Waals surface area (Å²) in [6.07, 6.45) is 3.70. The first-order valence-electron chi connectivity index (χ1n) is 6.73. The van der Waals surface area contributed by atoms with E-state index in [1.165, 1.54) is 19.3 Å². The van der Waals surface area contributed by atoms with Crippen LogP contribution in [0.25, 0.3) is 0 Å². The number of benzene rings is 1. The first-order chi connectivity index (χ1) is 9.02. The summed E-state index contributed by atoms with van der Waals surface area (Å²) in [5.74, 6) is 1.46. The molecule has 3 atom stereocenters. The number of nitrogens with zero attached hydrogens (tertiary/aromatic N) is 1. The van der Waals surface area contributed by atoms with Crippen molar-refractivity contribution in [3.8, 4) is 0 Å². The Morgan fingerprint density at radius 3 is 2.74 bits per heavy atom. The number of nitrogens with one attached hydrogen (secondary N) is 1. The molecule has 1 aliphatic rings. The minimum Gasteiger partial charge on any atom is -0.381 e. The molecule has 0 saturated heterocycles. The SMILES string of the molecule is CCC1CCC(Nc2ccc([N+](=O)[O-])cc2I)C1C. The molecule has 1 N–H and O–H groups in total. The van der Waals surface area contributed by atoms with Gasteiger partial charge < -0.3 is 5.32 Å². The number of nitro groups is 1. The third-order valence-corrected chi connectivity index (χ3v) is 5.15. The van der Waals surface area contributed by atoms with E-state index < -0.39 is 0 Å². The maximum atomic E-state index is 10.7. The normalized spacial score (nSPS) is 26.4. The predicted molar refractivity (Wildman–Crippen MR) is 85.4 cm³/mol. The van der Waals surface area contributed by atoms with Crippen LogP contribution in [0, 0.1) is 25.5 Å². The number of non-ortho nitro benzene ring substituents is 1. The van der Waals surface area contributed by atoms with E-state index in [4.69, 9.17) is 0 Å². The number of halogens is 1. The maximum Gasteiger partial charge on any atom is 0.270 e. The van der Waals surface area contributed by atoms with Crippen molar-refractivity contribution in [1.29, 1.82) is 0 Å². The molecule has 3 unspecified atom stereocenters. The summed E-state index contributed by atoms with van der Waals surface area (Å²) in [5.41, 5.74) is 1.17. The number of anilines is 1. The minimum absolute atomic E-state index is 0.154. The van der Waals surface area contributed by atoms with Gasteiger partial charge in [-0.25, -0.2) is 0 Å².